The van der Waals surface area contributed by atoms with Crippen LogP contribution in [0.15, 0.2) is 36.4 Å². The molecule has 90 valence electrons. The highest BCUT2D eigenvalue weighted by Crippen LogP contribution is 2.33. The fourth-order valence-electron chi connectivity index (χ4n) is 2.26. The predicted molar refractivity (Wildman–Crippen MR) is 72.7 cm³/mol. The zero-order chi connectivity index (χ0) is 13.6. The Morgan fingerprint density at radius 3 is 2.16 bits per heavy atom. The third-order valence-electron chi connectivity index (χ3n) is 3.19. The monoisotopic (exact) mass is 266 g/mol. The van der Waals surface area contributed by atoms with Crippen LogP contribution >= 0.6 is 11.6 Å². The zero-order valence-corrected chi connectivity index (χ0v) is 10.5. The van der Waals surface area contributed by atoms with Crippen molar-refractivity contribution >= 4 is 23.2 Å². The van der Waals surface area contributed by atoms with Gasteiger partial charge in [-0.05, 0) is 12.1 Å². The van der Waals surface area contributed by atoms with Crippen molar-refractivity contribution in [3.05, 3.63) is 69.2 Å². The molecule has 19 heavy (non-hydrogen) atoms. The maximum Gasteiger partial charge on any atom is 0.196 e. The maximum atomic E-state index is 12.4. The normalized spacial score (nSPS) is 12.6. The zero-order valence-electron chi connectivity index (χ0n) is 9.74. The van der Waals surface area contributed by atoms with Crippen LogP contribution in [0.2, 0.25) is 5.02 Å². The first-order valence-electron chi connectivity index (χ1n) is 5.62. The fourth-order valence-corrected chi connectivity index (χ4v) is 2.56. The first kappa shape index (κ1) is 11.7. The number of ketones is 2. The van der Waals surface area contributed by atoms with Crippen LogP contribution in [0.5, 0.6) is 0 Å². The number of hydrogen-bond acceptors (Lipinski definition) is 2. The van der Waals surface area contributed by atoms with Gasteiger partial charge in [0.1, 0.15) is 0 Å². The van der Waals surface area contributed by atoms with Gasteiger partial charge >= 0.3 is 0 Å². The summed E-state index contributed by atoms with van der Waals surface area (Å²) in [6.07, 6.45) is 5.33. The quantitative estimate of drug-likeness (QED) is 0.586. The van der Waals surface area contributed by atoms with Gasteiger partial charge in [0.2, 0.25) is 0 Å². The fraction of sp³-hybridized carbons (Fsp3) is 0. The molecule has 0 N–H and O–H groups in total. The van der Waals surface area contributed by atoms with Crippen LogP contribution in [-0.2, 0) is 0 Å². The summed E-state index contributed by atoms with van der Waals surface area (Å²) in [7, 11) is 0. The van der Waals surface area contributed by atoms with E-state index in [1.165, 1.54) is 0 Å². The predicted octanol–water partition coefficient (Wildman–Crippen LogP) is 3.10. The Morgan fingerprint density at radius 2 is 1.53 bits per heavy atom. The number of carbonyl (C=O) groups is 2. The number of hydrogen-bond donors (Lipinski definition) is 0. The molecule has 0 aromatic heterocycles. The minimum absolute atomic E-state index is 0.174. The van der Waals surface area contributed by atoms with Crippen LogP contribution in [0.25, 0.3) is 0 Å². The van der Waals surface area contributed by atoms with Gasteiger partial charge in [0, 0.05) is 22.3 Å². The molecular weight excluding hydrogens is 260 g/mol. The number of halogens is 1. The molecule has 0 bridgehead atoms. The molecule has 1 aliphatic rings. The molecule has 2 aromatic rings. The van der Waals surface area contributed by atoms with E-state index < -0.39 is 0 Å². The Morgan fingerprint density at radius 1 is 0.895 bits per heavy atom. The third-order valence-corrected chi connectivity index (χ3v) is 3.58. The lowest BCUT2D eigenvalue weighted by molar-refractivity contribution is 0.0979. The van der Waals surface area contributed by atoms with Crippen LogP contribution in [0.3, 0.4) is 0 Å². The van der Waals surface area contributed by atoms with Crippen molar-refractivity contribution < 1.29 is 9.59 Å². The number of rotatable bonds is 0. The minimum Gasteiger partial charge on any atom is -0.289 e. The molecule has 1 aliphatic carbocycles. The average Bonchev–Trinajstić information content (AvgIpc) is 2.44. The standard InChI is InChI=1S/C16H7ClO2/c1-2-9-7-8-12-13(14(9)17)16(19)11-6-4-3-5-10(11)15(12)18/h1,3-8H. The molecule has 0 atom stereocenters. The van der Waals surface area contributed by atoms with Crippen molar-refractivity contribution in [2.75, 3.05) is 0 Å². The summed E-state index contributed by atoms with van der Waals surface area (Å²) in [4.78, 5) is 24.8. The SMILES string of the molecule is C#Cc1ccc2c(c1Cl)C(=O)c1ccccc1C2=O. The van der Waals surface area contributed by atoms with E-state index >= 15 is 0 Å². The van der Waals surface area contributed by atoms with Crippen LogP contribution in [0.1, 0.15) is 37.4 Å². The van der Waals surface area contributed by atoms with Crippen LogP contribution < -0.4 is 0 Å². The highest BCUT2D eigenvalue weighted by molar-refractivity contribution is 6.39. The molecule has 2 nitrogen and oxygen atoms in total. The van der Waals surface area contributed by atoms with Gasteiger partial charge in [0.05, 0.1) is 10.6 Å². The molecule has 0 aliphatic heterocycles. The molecule has 0 heterocycles. The van der Waals surface area contributed by atoms with Gasteiger partial charge in [-0.1, -0.05) is 41.8 Å². The van der Waals surface area contributed by atoms with E-state index in [0.717, 1.165) is 0 Å². The Kier molecular flexibility index (Phi) is 2.51. The Balaban J connectivity index is 2.37. The molecule has 2 aromatic carbocycles. The number of terminal acetylenes is 1. The molecule has 0 saturated carbocycles. The second kappa shape index (κ2) is 4.08. The summed E-state index contributed by atoms with van der Waals surface area (Å²) in [5.41, 5.74) is 1.72. The second-order valence-corrected chi connectivity index (χ2v) is 4.58. The van der Waals surface area contributed by atoms with E-state index in [1.807, 2.05) is 0 Å². The largest absolute Gasteiger partial charge is 0.289 e. The molecule has 0 unspecified atom stereocenters. The number of carbonyl (C=O) groups excluding carboxylic acids is 2. The molecule has 0 fully saturated rings. The van der Waals surface area contributed by atoms with E-state index in [0.29, 0.717) is 22.3 Å². The van der Waals surface area contributed by atoms with Crippen molar-refractivity contribution in [3.63, 3.8) is 0 Å². The van der Waals surface area contributed by atoms with Gasteiger partial charge in [-0.3, -0.25) is 9.59 Å². The second-order valence-electron chi connectivity index (χ2n) is 4.20. The van der Waals surface area contributed by atoms with Crippen molar-refractivity contribution in [2.45, 2.75) is 0 Å². The maximum absolute atomic E-state index is 12.4. The van der Waals surface area contributed by atoms with Crippen LogP contribution in [0, 0.1) is 12.3 Å². The Bertz CT molecular complexity index is 782. The van der Waals surface area contributed by atoms with Crippen LogP contribution in [-0.4, -0.2) is 11.6 Å². The van der Waals surface area contributed by atoms with E-state index in [4.69, 9.17) is 18.0 Å². The van der Waals surface area contributed by atoms with Gasteiger partial charge in [-0.15, -0.1) is 6.42 Å². The summed E-state index contributed by atoms with van der Waals surface area (Å²) in [5, 5.41) is 0.174. The number of benzene rings is 2. The summed E-state index contributed by atoms with van der Waals surface area (Å²) in [6.45, 7) is 0. The number of fused-ring (bicyclic) bond motifs is 2. The Hall–Kier alpha value is -2.37. The highest BCUT2D eigenvalue weighted by atomic mass is 35.5. The van der Waals surface area contributed by atoms with Crippen LogP contribution in [0.4, 0.5) is 0 Å². The minimum atomic E-state index is -0.257. The third kappa shape index (κ3) is 1.53. The van der Waals surface area contributed by atoms with Crippen molar-refractivity contribution in [2.24, 2.45) is 0 Å². The van der Waals surface area contributed by atoms with E-state index in [-0.39, 0.29) is 22.2 Å². The van der Waals surface area contributed by atoms with Crippen molar-refractivity contribution in [3.8, 4) is 12.3 Å². The molecular formula is C16H7ClO2. The smallest absolute Gasteiger partial charge is 0.196 e. The summed E-state index contributed by atoms with van der Waals surface area (Å²) >= 11 is 6.14. The molecule has 0 spiro atoms. The molecule has 0 amide bonds. The summed E-state index contributed by atoms with van der Waals surface area (Å²) in [6, 6.07) is 9.85. The van der Waals surface area contributed by atoms with Gasteiger partial charge in [0.25, 0.3) is 0 Å². The lowest BCUT2D eigenvalue weighted by atomic mass is 9.83. The van der Waals surface area contributed by atoms with Gasteiger partial charge < -0.3 is 0 Å². The van der Waals surface area contributed by atoms with E-state index in [9.17, 15) is 9.59 Å². The van der Waals surface area contributed by atoms with Gasteiger partial charge in [-0.2, -0.15) is 0 Å². The highest BCUT2D eigenvalue weighted by Gasteiger charge is 2.31. The van der Waals surface area contributed by atoms with E-state index in [2.05, 4.69) is 5.92 Å². The lowest BCUT2D eigenvalue weighted by Gasteiger charge is -2.18. The summed E-state index contributed by atoms with van der Waals surface area (Å²) < 4.78 is 0. The lowest BCUT2D eigenvalue weighted by Crippen LogP contribution is -2.21. The molecule has 3 rings (SSSR count). The average molecular weight is 267 g/mol. The van der Waals surface area contributed by atoms with Gasteiger partial charge in [0.15, 0.2) is 11.6 Å². The molecule has 3 heteroatoms. The summed E-state index contributed by atoms with van der Waals surface area (Å²) in [5.74, 6) is 1.95. The van der Waals surface area contributed by atoms with Crippen molar-refractivity contribution in [1.82, 2.24) is 0 Å². The first-order valence-corrected chi connectivity index (χ1v) is 6.00. The van der Waals surface area contributed by atoms with E-state index in [1.54, 1.807) is 36.4 Å². The first-order chi connectivity index (χ1) is 9.15. The Labute approximate surface area is 115 Å². The molecule has 0 radical (unpaired) electrons. The topological polar surface area (TPSA) is 34.1 Å². The van der Waals surface area contributed by atoms with Gasteiger partial charge in [-0.25, -0.2) is 0 Å². The molecule has 0 saturated heterocycles. The van der Waals surface area contributed by atoms with Crippen molar-refractivity contribution in [1.29, 1.82) is 0 Å².